The van der Waals surface area contributed by atoms with Gasteiger partial charge in [-0.25, -0.2) is 0 Å². The van der Waals surface area contributed by atoms with Gasteiger partial charge in [0.15, 0.2) is 0 Å². The molecule has 5 rings (SSSR count). The molecule has 3 aromatic rings. The molecule has 3 heterocycles. The van der Waals surface area contributed by atoms with Crippen LogP contribution in [0, 0.1) is 0 Å². The van der Waals surface area contributed by atoms with Gasteiger partial charge in [-0.2, -0.15) is 15.0 Å². The number of rotatable bonds is 6. The first-order valence-corrected chi connectivity index (χ1v) is 13.3. The number of aromatic nitrogens is 3. The van der Waals surface area contributed by atoms with Gasteiger partial charge in [0.2, 0.25) is 17.8 Å². The summed E-state index contributed by atoms with van der Waals surface area (Å²) >= 11 is 3.37. The van der Waals surface area contributed by atoms with Crippen LogP contribution in [0.2, 0.25) is 0 Å². The maximum atomic E-state index is 12.6. The molecule has 2 aliphatic heterocycles. The Balaban J connectivity index is 1.35. The van der Waals surface area contributed by atoms with Gasteiger partial charge in [-0.05, 0) is 68.9 Å². The zero-order valence-electron chi connectivity index (χ0n) is 20.1. The Morgan fingerprint density at radius 2 is 1.47 bits per heavy atom. The summed E-state index contributed by atoms with van der Waals surface area (Å²) in [6.45, 7) is 3.76. The van der Waals surface area contributed by atoms with E-state index in [1.54, 1.807) is 36.4 Å². The Hall–Kier alpha value is -3.40. The van der Waals surface area contributed by atoms with Crippen LogP contribution in [0.1, 0.15) is 48.9 Å². The lowest BCUT2D eigenvalue weighted by Gasteiger charge is -2.30. The molecule has 2 fully saturated rings. The molecule has 10 heteroatoms. The van der Waals surface area contributed by atoms with Gasteiger partial charge in [-0.1, -0.05) is 22.0 Å². The van der Waals surface area contributed by atoms with Gasteiger partial charge in [-0.15, -0.1) is 0 Å². The van der Waals surface area contributed by atoms with Crippen LogP contribution in [-0.2, 0) is 0 Å². The van der Waals surface area contributed by atoms with Crippen LogP contribution in [-0.4, -0.2) is 52.1 Å². The zero-order chi connectivity index (χ0) is 24.9. The summed E-state index contributed by atoms with van der Waals surface area (Å²) in [5, 5.41) is 16.6. The molecular weight excluding hydrogens is 522 g/mol. The number of nitrogens with one attached hydrogen (secondary N) is 2. The minimum Gasteiger partial charge on any atom is -0.506 e. The van der Waals surface area contributed by atoms with Crippen molar-refractivity contribution in [2.45, 2.75) is 38.5 Å². The number of halogens is 1. The molecule has 3 N–H and O–H groups in total. The molecule has 0 saturated carbocycles. The lowest BCUT2D eigenvalue weighted by molar-refractivity contribution is 0.102. The van der Waals surface area contributed by atoms with Crippen LogP contribution in [0.25, 0.3) is 0 Å². The van der Waals surface area contributed by atoms with Gasteiger partial charge in [0.25, 0.3) is 5.91 Å². The number of phenolic OH excluding ortho intramolecular Hbond substituents is 1. The number of carbonyl (C=O) groups is 1. The molecule has 2 aromatic carbocycles. The topological polar surface area (TPSA) is 107 Å². The third kappa shape index (κ3) is 5.87. The van der Waals surface area contributed by atoms with Crippen LogP contribution in [0.3, 0.4) is 0 Å². The molecular formula is C26H30BrN7O2. The van der Waals surface area contributed by atoms with Crippen molar-refractivity contribution in [2.24, 2.45) is 0 Å². The second kappa shape index (κ2) is 11.1. The summed E-state index contributed by atoms with van der Waals surface area (Å²) in [6, 6.07) is 12.1. The summed E-state index contributed by atoms with van der Waals surface area (Å²) in [5.41, 5.74) is 1.43. The molecule has 0 spiro atoms. The van der Waals surface area contributed by atoms with E-state index in [9.17, 15) is 9.90 Å². The Morgan fingerprint density at radius 1 is 0.833 bits per heavy atom. The Kier molecular flexibility index (Phi) is 7.50. The fraction of sp³-hybridized carbons (Fsp3) is 0.385. The highest BCUT2D eigenvalue weighted by Crippen LogP contribution is 2.30. The van der Waals surface area contributed by atoms with Crippen molar-refractivity contribution in [3.8, 4) is 5.75 Å². The normalized spacial score (nSPS) is 16.0. The van der Waals surface area contributed by atoms with Crippen molar-refractivity contribution in [2.75, 3.05) is 46.6 Å². The maximum Gasteiger partial charge on any atom is 0.255 e. The number of nitrogens with zero attached hydrogens (tertiary/aromatic N) is 5. The summed E-state index contributed by atoms with van der Waals surface area (Å²) in [6.07, 6.45) is 7.00. The van der Waals surface area contributed by atoms with Crippen LogP contribution in [0.4, 0.5) is 29.2 Å². The van der Waals surface area contributed by atoms with Crippen LogP contribution >= 0.6 is 15.9 Å². The number of piperidine rings is 2. The van der Waals surface area contributed by atoms with Crippen LogP contribution < -0.4 is 20.4 Å². The van der Waals surface area contributed by atoms with E-state index in [1.165, 1.54) is 12.8 Å². The lowest BCUT2D eigenvalue weighted by atomic mass is 10.1. The smallest absolute Gasteiger partial charge is 0.255 e. The van der Waals surface area contributed by atoms with E-state index in [4.69, 9.17) is 15.0 Å². The van der Waals surface area contributed by atoms with E-state index in [0.717, 1.165) is 56.3 Å². The average Bonchev–Trinajstić information content (AvgIpc) is 2.91. The third-order valence-corrected chi connectivity index (χ3v) is 6.97. The van der Waals surface area contributed by atoms with E-state index in [2.05, 4.69) is 36.4 Å². The third-order valence-electron chi connectivity index (χ3n) is 6.48. The number of amides is 1. The quantitative estimate of drug-likeness (QED) is 0.353. The standard InChI is InChI=1S/C26H30BrN7O2/c27-19-9-7-8-18(16-19)23(36)29-21-11-10-20(17-22(21)35)28-24-30-25(33-12-3-1-4-13-33)32-26(31-24)34-14-5-2-6-15-34/h7-11,16-17,35H,1-6,12-15H2,(H,29,36)(H,28,30,31,32). The monoisotopic (exact) mass is 551 g/mol. The molecule has 0 bridgehead atoms. The molecule has 1 aromatic heterocycles. The molecule has 1 amide bonds. The average molecular weight is 552 g/mol. The first-order chi connectivity index (χ1) is 17.5. The molecule has 9 nitrogen and oxygen atoms in total. The van der Waals surface area contributed by atoms with Gasteiger partial charge >= 0.3 is 0 Å². The van der Waals surface area contributed by atoms with Crippen LogP contribution in [0.5, 0.6) is 5.75 Å². The van der Waals surface area contributed by atoms with E-state index >= 15 is 0 Å². The van der Waals surface area contributed by atoms with E-state index < -0.39 is 0 Å². The predicted molar refractivity (Wildman–Crippen MR) is 145 cm³/mol. The fourth-order valence-electron chi connectivity index (χ4n) is 4.55. The second-order valence-electron chi connectivity index (χ2n) is 9.18. The molecule has 36 heavy (non-hydrogen) atoms. The number of aromatic hydroxyl groups is 1. The van der Waals surface area contributed by atoms with E-state index in [-0.39, 0.29) is 11.7 Å². The number of hydrogen-bond donors (Lipinski definition) is 3. The molecule has 0 aliphatic carbocycles. The van der Waals surface area contributed by atoms with E-state index in [1.807, 2.05) is 6.07 Å². The molecule has 0 radical (unpaired) electrons. The summed E-state index contributed by atoms with van der Waals surface area (Å²) in [5.74, 6) is 1.47. The largest absolute Gasteiger partial charge is 0.506 e. The molecule has 2 aliphatic rings. The summed E-state index contributed by atoms with van der Waals surface area (Å²) in [7, 11) is 0. The molecule has 2 saturated heterocycles. The van der Waals surface area contributed by atoms with Crippen molar-refractivity contribution in [3.05, 3.63) is 52.5 Å². The minimum absolute atomic E-state index is 0.0510. The first-order valence-electron chi connectivity index (χ1n) is 12.5. The molecule has 0 unspecified atom stereocenters. The van der Waals surface area contributed by atoms with Crippen LogP contribution in [0.15, 0.2) is 46.9 Å². The first kappa shape index (κ1) is 24.3. The highest BCUT2D eigenvalue weighted by atomic mass is 79.9. The fourth-order valence-corrected chi connectivity index (χ4v) is 4.95. The number of hydrogen-bond acceptors (Lipinski definition) is 8. The minimum atomic E-state index is -0.304. The zero-order valence-corrected chi connectivity index (χ0v) is 21.7. The number of benzene rings is 2. The van der Waals surface area contributed by atoms with Gasteiger partial charge in [0.05, 0.1) is 5.69 Å². The van der Waals surface area contributed by atoms with Gasteiger partial charge in [0.1, 0.15) is 5.75 Å². The highest BCUT2D eigenvalue weighted by molar-refractivity contribution is 9.10. The molecule has 0 atom stereocenters. The van der Waals surface area contributed by atoms with Crippen molar-refractivity contribution in [3.63, 3.8) is 0 Å². The number of phenols is 1. The SMILES string of the molecule is O=C(Nc1ccc(Nc2nc(N3CCCCC3)nc(N3CCCCC3)n2)cc1O)c1cccc(Br)c1. The molecule has 188 valence electrons. The predicted octanol–water partition coefficient (Wildman–Crippen LogP) is 5.32. The Labute approximate surface area is 219 Å². The summed E-state index contributed by atoms with van der Waals surface area (Å²) < 4.78 is 0.809. The Morgan fingerprint density at radius 3 is 2.06 bits per heavy atom. The summed E-state index contributed by atoms with van der Waals surface area (Å²) in [4.78, 5) is 31.2. The van der Waals surface area contributed by atoms with E-state index in [0.29, 0.717) is 34.8 Å². The van der Waals surface area contributed by atoms with Crippen molar-refractivity contribution >= 4 is 51.1 Å². The lowest BCUT2D eigenvalue weighted by Crippen LogP contribution is -2.34. The maximum absolute atomic E-state index is 12.6. The second-order valence-corrected chi connectivity index (χ2v) is 10.1. The number of carbonyl (C=O) groups excluding carboxylic acids is 1. The van der Waals surface area contributed by atoms with Crippen molar-refractivity contribution < 1.29 is 9.90 Å². The number of anilines is 5. The van der Waals surface area contributed by atoms with Gasteiger partial charge in [-0.3, -0.25) is 4.79 Å². The van der Waals surface area contributed by atoms with Crippen molar-refractivity contribution in [1.82, 2.24) is 15.0 Å². The van der Waals surface area contributed by atoms with Crippen molar-refractivity contribution in [1.29, 1.82) is 0 Å². The Bertz CT molecular complexity index is 1190. The highest BCUT2D eigenvalue weighted by Gasteiger charge is 2.20. The van der Waals surface area contributed by atoms with Gasteiger partial charge < -0.3 is 25.5 Å². The van der Waals surface area contributed by atoms with Gasteiger partial charge in [0, 0.05) is 48.0 Å².